The predicted molar refractivity (Wildman–Crippen MR) is 86.4 cm³/mol. The molecule has 1 amide bonds. The molecule has 0 aliphatic heterocycles. The van der Waals surface area contributed by atoms with Crippen molar-refractivity contribution in [1.29, 1.82) is 0 Å². The summed E-state index contributed by atoms with van der Waals surface area (Å²) < 4.78 is 56.6. The molecule has 0 spiro atoms. The van der Waals surface area contributed by atoms with Crippen LogP contribution in [0, 0.1) is 5.82 Å². The quantitative estimate of drug-likeness (QED) is 0.610. The van der Waals surface area contributed by atoms with Gasteiger partial charge in [-0.1, -0.05) is 23.7 Å². The van der Waals surface area contributed by atoms with Crippen LogP contribution in [-0.4, -0.2) is 18.0 Å². The van der Waals surface area contributed by atoms with E-state index in [1.807, 2.05) is 0 Å². The number of rotatable bonds is 4. The van der Waals surface area contributed by atoms with Gasteiger partial charge >= 0.3 is 12.1 Å². The third kappa shape index (κ3) is 4.72. The first-order chi connectivity index (χ1) is 12.1. The van der Waals surface area contributed by atoms with Gasteiger partial charge in [0.2, 0.25) is 0 Å². The van der Waals surface area contributed by atoms with Crippen LogP contribution in [0.2, 0.25) is 5.02 Å². The molecule has 0 heterocycles. The lowest BCUT2D eigenvalue weighted by atomic mass is 10.2. The summed E-state index contributed by atoms with van der Waals surface area (Å²) in [5.41, 5.74) is -1.67. The minimum absolute atomic E-state index is 0.126. The molecule has 2 aromatic rings. The van der Waals surface area contributed by atoms with Crippen molar-refractivity contribution in [3.63, 3.8) is 0 Å². The molecule has 0 fully saturated rings. The predicted octanol–water partition coefficient (Wildman–Crippen LogP) is 4.68. The number of benzene rings is 2. The number of carbonyl (C=O) groups is 2. The number of halogens is 5. The van der Waals surface area contributed by atoms with Gasteiger partial charge in [-0.15, -0.1) is 0 Å². The van der Waals surface area contributed by atoms with Gasteiger partial charge in [-0.05, 0) is 37.3 Å². The summed E-state index contributed by atoms with van der Waals surface area (Å²) in [6.45, 7) is 1.19. The van der Waals surface area contributed by atoms with E-state index < -0.39 is 35.5 Å². The van der Waals surface area contributed by atoms with Crippen LogP contribution in [0.5, 0.6) is 0 Å². The van der Waals surface area contributed by atoms with Gasteiger partial charge in [0.25, 0.3) is 5.91 Å². The zero-order chi connectivity index (χ0) is 19.5. The summed E-state index contributed by atoms with van der Waals surface area (Å²) in [6, 6.07) is 7.40. The van der Waals surface area contributed by atoms with Crippen LogP contribution in [0.3, 0.4) is 0 Å². The van der Waals surface area contributed by atoms with Gasteiger partial charge in [0.05, 0.1) is 21.8 Å². The van der Waals surface area contributed by atoms with Gasteiger partial charge in [0.15, 0.2) is 6.10 Å². The molecule has 9 heteroatoms. The summed E-state index contributed by atoms with van der Waals surface area (Å²) in [5.74, 6) is -2.83. The van der Waals surface area contributed by atoms with Gasteiger partial charge < -0.3 is 10.1 Å². The molecule has 0 saturated heterocycles. The Balaban J connectivity index is 2.10. The molecule has 4 nitrogen and oxygen atoms in total. The number of anilines is 1. The molecule has 1 atom stereocenters. The van der Waals surface area contributed by atoms with E-state index in [0.29, 0.717) is 6.07 Å². The Hall–Kier alpha value is -2.61. The number of alkyl halides is 3. The number of esters is 1. The van der Waals surface area contributed by atoms with Crippen molar-refractivity contribution >= 4 is 29.2 Å². The monoisotopic (exact) mass is 389 g/mol. The normalized spacial score (nSPS) is 12.4. The molecule has 2 rings (SSSR count). The van der Waals surface area contributed by atoms with Gasteiger partial charge in [0, 0.05) is 0 Å². The minimum Gasteiger partial charge on any atom is -0.449 e. The van der Waals surface area contributed by atoms with Crippen LogP contribution in [0.4, 0.5) is 23.2 Å². The first-order valence-corrected chi connectivity index (χ1v) is 7.60. The fourth-order valence-corrected chi connectivity index (χ4v) is 2.10. The zero-order valence-corrected chi connectivity index (χ0v) is 14.0. The summed E-state index contributed by atoms with van der Waals surface area (Å²) in [4.78, 5) is 23.9. The SMILES string of the molecule is CC(OC(=O)c1ccccc1F)C(=O)Nc1cc(C(F)(F)F)ccc1Cl. The maximum atomic E-state index is 13.5. The van der Waals surface area contributed by atoms with E-state index in [1.54, 1.807) is 0 Å². The van der Waals surface area contributed by atoms with Crippen molar-refractivity contribution < 1.29 is 31.9 Å². The van der Waals surface area contributed by atoms with E-state index in [-0.39, 0.29) is 16.3 Å². The lowest BCUT2D eigenvalue weighted by molar-refractivity contribution is -0.137. The molecule has 0 aromatic heterocycles. The van der Waals surface area contributed by atoms with Crippen LogP contribution in [0.15, 0.2) is 42.5 Å². The van der Waals surface area contributed by atoms with Crippen molar-refractivity contribution in [3.8, 4) is 0 Å². The molecule has 0 radical (unpaired) electrons. The molecular formula is C17H12ClF4NO3. The Morgan fingerprint density at radius 1 is 1.15 bits per heavy atom. The van der Waals surface area contributed by atoms with Crippen molar-refractivity contribution in [2.75, 3.05) is 5.32 Å². The number of nitrogens with one attached hydrogen (secondary N) is 1. The first kappa shape index (κ1) is 19.7. The Kier molecular flexibility index (Phi) is 5.86. The van der Waals surface area contributed by atoms with Crippen LogP contribution in [0.1, 0.15) is 22.8 Å². The van der Waals surface area contributed by atoms with E-state index in [9.17, 15) is 27.2 Å². The van der Waals surface area contributed by atoms with Crippen molar-refractivity contribution in [2.45, 2.75) is 19.2 Å². The fourth-order valence-electron chi connectivity index (χ4n) is 1.94. The lowest BCUT2D eigenvalue weighted by Gasteiger charge is -2.15. The highest BCUT2D eigenvalue weighted by atomic mass is 35.5. The third-order valence-corrected chi connectivity index (χ3v) is 3.63. The maximum absolute atomic E-state index is 13.5. The number of ether oxygens (including phenoxy) is 1. The minimum atomic E-state index is -4.62. The summed E-state index contributed by atoms with van der Waals surface area (Å²) >= 11 is 5.78. The summed E-state index contributed by atoms with van der Waals surface area (Å²) in [5, 5.41) is 2.03. The smallest absolute Gasteiger partial charge is 0.416 e. The van der Waals surface area contributed by atoms with Crippen molar-refractivity contribution in [3.05, 3.63) is 64.4 Å². The summed E-state index contributed by atoms with van der Waals surface area (Å²) in [7, 11) is 0. The van der Waals surface area contributed by atoms with E-state index in [0.717, 1.165) is 18.2 Å². The van der Waals surface area contributed by atoms with Crippen LogP contribution in [0.25, 0.3) is 0 Å². The van der Waals surface area contributed by atoms with Gasteiger partial charge in [-0.25, -0.2) is 9.18 Å². The van der Waals surface area contributed by atoms with Crippen LogP contribution < -0.4 is 5.32 Å². The Bertz CT molecular complexity index is 839. The number of amides is 1. The topological polar surface area (TPSA) is 55.4 Å². The average Bonchev–Trinajstić information content (AvgIpc) is 2.55. The molecule has 1 unspecified atom stereocenters. The van der Waals surface area contributed by atoms with E-state index in [4.69, 9.17) is 16.3 Å². The number of carbonyl (C=O) groups excluding carboxylic acids is 2. The Morgan fingerprint density at radius 3 is 2.42 bits per heavy atom. The molecule has 2 aromatic carbocycles. The van der Waals surface area contributed by atoms with Gasteiger partial charge in [-0.2, -0.15) is 13.2 Å². The largest absolute Gasteiger partial charge is 0.449 e. The van der Waals surface area contributed by atoms with Crippen LogP contribution >= 0.6 is 11.6 Å². The van der Waals surface area contributed by atoms with E-state index in [1.165, 1.54) is 25.1 Å². The number of hydrogen-bond donors (Lipinski definition) is 1. The second kappa shape index (κ2) is 7.74. The third-order valence-electron chi connectivity index (χ3n) is 3.30. The summed E-state index contributed by atoms with van der Waals surface area (Å²) in [6.07, 6.45) is -6.01. The maximum Gasteiger partial charge on any atom is 0.416 e. The number of hydrogen-bond acceptors (Lipinski definition) is 3. The Morgan fingerprint density at radius 2 is 1.81 bits per heavy atom. The molecule has 0 aliphatic rings. The van der Waals surface area contributed by atoms with Gasteiger partial charge in [0.1, 0.15) is 5.82 Å². The van der Waals surface area contributed by atoms with E-state index in [2.05, 4.69) is 5.32 Å². The highest BCUT2D eigenvalue weighted by molar-refractivity contribution is 6.33. The standard InChI is InChI=1S/C17H12ClF4NO3/c1-9(26-16(25)11-4-2-3-5-13(11)19)15(24)23-14-8-10(17(20,21)22)6-7-12(14)18/h2-9H,1H3,(H,23,24). The molecule has 0 bridgehead atoms. The Labute approximate surface area is 150 Å². The van der Waals surface area contributed by atoms with Crippen molar-refractivity contribution in [2.24, 2.45) is 0 Å². The molecule has 138 valence electrons. The van der Waals surface area contributed by atoms with Gasteiger partial charge in [-0.3, -0.25) is 4.79 Å². The molecular weight excluding hydrogens is 378 g/mol. The highest BCUT2D eigenvalue weighted by Crippen LogP contribution is 2.33. The first-order valence-electron chi connectivity index (χ1n) is 7.22. The zero-order valence-electron chi connectivity index (χ0n) is 13.2. The van der Waals surface area contributed by atoms with Crippen molar-refractivity contribution in [1.82, 2.24) is 0 Å². The molecule has 0 saturated carbocycles. The molecule has 0 aliphatic carbocycles. The highest BCUT2D eigenvalue weighted by Gasteiger charge is 2.31. The molecule has 26 heavy (non-hydrogen) atoms. The lowest BCUT2D eigenvalue weighted by Crippen LogP contribution is -2.30. The fraction of sp³-hybridized carbons (Fsp3) is 0.176. The molecule has 1 N–H and O–H groups in total. The van der Waals surface area contributed by atoms with Crippen LogP contribution in [-0.2, 0) is 15.7 Å². The second-order valence-electron chi connectivity index (χ2n) is 5.21. The van der Waals surface area contributed by atoms with E-state index >= 15 is 0 Å². The average molecular weight is 390 g/mol. The second-order valence-corrected chi connectivity index (χ2v) is 5.62.